The van der Waals surface area contributed by atoms with Gasteiger partial charge in [0.1, 0.15) is 5.75 Å². The number of fused-ring (bicyclic) bond motifs is 1. The number of carbonyl (C=O) groups is 1. The lowest BCUT2D eigenvalue weighted by molar-refractivity contribution is -0.123. The van der Waals surface area contributed by atoms with Crippen LogP contribution in [0.5, 0.6) is 5.75 Å². The van der Waals surface area contributed by atoms with Gasteiger partial charge in [-0.3, -0.25) is 10.1 Å². The minimum Gasteiger partial charge on any atom is -0.497 e. The van der Waals surface area contributed by atoms with E-state index in [4.69, 9.17) is 4.74 Å². The molecule has 0 aliphatic carbocycles. The maximum Gasteiger partial charge on any atom is 0.226 e. The van der Waals surface area contributed by atoms with Crippen molar-refractivity contribution < 1.29 is 9.53 Å². The van der Waals surface area contributed by atoms with Gasteiger partial charge in [0.2, 0.25) is 11.9 Å². The molecule has 1 aromatic carbocycles. The fourth-order valence-electron chi connectivity index (χ4n) is 3.16. The van der Waals surface area contributed by atoms with E-state index in [9.17, 15) is 4.79 Å². The maximum absolute atomic E-state index is 12.2. The molecule has 1 amide bonds. The Morgan fingerprint density at radius 3 is 2.97 bits per heavy atom. The normalized spacial score (nSPS) is 19.0. The minimum atomic E-state index is -0.444. The highest BCUT2D eigenvalue weighted by Crippen LogP contribution is 2.23. The number of ether oxygens (including phenoxy) is 1. The first-order chi connectivity index (χ1) is 14.1. The van der Waals surface area contributed by atoms with Gasteiger partial charge in [-0.25, -0.2) is 15.0 Å². The van der Waals surface area contributed by atoms with Crippen LogP contribution >= 0.6 is 11.8 Å². The number of nitrogens with zero attached hydrogens (tertiary/aromatic N) is 3. The second-order valence-electron chi connectivity index (χ2n) is 6.71. The van der Waals surface area contributed by atoms with Crippen LogP contribution in [0.15, 0.2) is 47.6 Å². The zero-order valence-corrected chi connectivity index (χ0v) is 17.0. The van der Waals surface area contributed by atoms with E-state index < -0.39 is 6.29 Å². The molecule has 2 aromatic heterocycles. The summed E-state index contributed by atoms with van der Waals surface area (Å²) in [5, 5.41) is 11.3. The summed E-state index contributed by atoms with van der Waals surface area (Å²) in [6.45, 7) is 1.92. The summed E-state index contributed by atoms with van der Waals surface area (Å²) in [6.07, 6.45) is 1.73. The monoisotopic (exact) mass is 410 g/mol. The predicted molar refractivity (Wildman–Crippen MR) is 113 cm³/mol. The molecule has 2 unspecified atom stereocenters. The molecule has 0 radical (unpaired) electrons. The van der Waals surface area contributed by atoms with Crippen molar-refractivity contribution in [2.75, 3.05) is 18.2 Å². The number of carbonyl (C=O) groups excluding carboxylic acids is 1. The molecule has 8 nitrogen and oxygen atoms in total. The third kappa shape index (κ3) is 4.75. The molecule has 9 heteroatoms. The van der Waals surface area contributed by atoms with E-state index in [1.165, 1.54) is 0 Å². The molecular weight excluding hydrogens is 388 g/mol. The second-order valence-corrected chi connectivity index (χ2v) is 7.75. The molecule has 2 atom stereocenters. The summed E-state index contributed by atoms with van der Waals surface area (Å²) >= 11 is 1.62. The Morgan fingerprint density at radius 2 is 2.17 bits per heavy atom. The molecule has 29 heavy (non-hydrogen) atoms. The second kappa shape index (κ2) is 8.62. The van der Waals surface area contributed by atoms with Crippen molar-refractivity contribution in [3.05, 3.63) is 48.3 Å². The highest BCUT2D eigenvalue weighted by Gasteiger charge is 2.26. The number of methoxy groups -OCH3 is 1. The molecule has 3 aromatic rings. The van der Waals surface area contributed by atoms with Crippen molar-refractivity contribution in [1.82, 2.24) is 25.6 Å². The van der Waals surface area contributed by atoms with Crippen LogP contribution in [-0.4, -0.2) is 46.1 Å². The van der Waals surface area contributed by atoms with Gasteiger partial charge in [0.25, 0.3) is 0 Å². The van der Waals surface area contributed by atoms with Gasteiger partial charge in [0.15, 0.2) is 6.29 Å². The summed E-state index contributed by atoms with van der Waals surface area (Å²) in [4.78, 5) is 25.6. The molecule has 0 spiro atoms. The van der Waals surface area contributed by atoms with Crippen molar-refractivity contribution in [2.45, 2.75) is 30.7 Å². The van der Waals surface area contributed by atoms with Gasteiger partial charge in [0.05, 0.1) is 23.3 Å². The van der Waals surface area contributed by atoms with E-state index in [2.05, 4.69) is 30.9 Å². The number of amides is 1. The van der Waals surface area contributed by atoms with Crippen molar-refractivity contribution in [1.29, 1.82) is 0 Å². The quantitative estimate of drug-likeness (QED) is 0.532. The number of nitrogens with one attached hydrogen (secondary N) is 3. The number of thioether (sulfide) groups is 1. The van der Waals surface area contributed by atoms with Gasteiger partial charge in [-0.05, 0) is 37.3 Å². The highest BCUT2D eigenvalue weighted by atomic mass is 32.2. The third-order valence-electron chi connectivity index (χ3n) is 4.58. The SMILES string of the molecule is COc1ccc2nc(NC3NC(=O)CC(CSc4ccccn4)N3)nc(C)c2c1. The van der Waals surface area contributed by atoms with E-state index in [0.29, 0.717) is 12.4 Å². The smallest absolute Gasteiger partial charge is 0.226 e. The number of aromatic nitrogens is 3. The summed E-state index contributed by atoms with van der Waals surface area (Å²) in [7, 11) is 1.63. The van der Waals surface area contributed by atoms with Gasteiger partial charge >= 0.3 is 0 Å². The van der Waals surface area contributed by atoms with Crippen LogP contribution in [0.25, 0.3) is 10.9 Å². The molecule has 1 saturated heterocycles. The Balaban J connectivity index is 1.44. The maximum atomic E-state index is 12.2. The first-order valence-corrected chi connectivity index (χ1v) is 10.3. The molecule has 1 aliphatic heterocycles. The van der Waals surface area contributed by atoms with E-state index >= 15 is 0 Å². The summed E-state index contributed by atoms with van der Waals surface area (Å²) in [5.74, 6) is 1.94. The van der Waals surface area contributed by atoms with Crippen LogP contribution in [0, 0.1) is 6.92 Å². The Bertz CT molecular complexity index is 1020. The number of benzene rings is 1. The van der Waals surface area contributed by atoms with Gasteiger partial charge in [-0.1, -0.05) is 6.07 Å². The van der Waals surface area contributed by atoms with Crippen LogP contribution < -0.4 is 20.7 Å². The minimum absolute atomic E-state index is 0.0130. The number of hydrogen-bond acceptors (Lipinski definition) is 8. The van der Waals surface area contributed by atoms with Crippen molar-refractivity contribution >= 4 is 34.5 Å². The third-order valence-corrected chi connectivity index (χ3v) is 5.68. The Kier molecular flexibility index (Phi) is 5.77. The summed E-state index contributed by atoms with van der Waals surface area (Å²) in [6, 6.07) is 11.5. The van der Waals surface area contributed by atoms with Crippen LogP contribution in [0.2, 0.25) is 0 Å². The fraction of sp³-hybridized carbons (Fsp3) is 0.300. The number of pyridine rings is 1. The molecule has 0 bridgehead atoms. The van der Waals surface area contributed by atoms with Gasteiger partial charge in [0, 0.05) is 29.8 Å². The molecular formula is C20H22N6O2S. The summed E-state index contributed by atoms with van der Waals surface area (Å²) in [5.41, 5.74) is 1.64. The van der Waals surface area contributed by atoms with E-state index in [1.54, 1.807) is 25.1 Å². The van der Waals surface area contributed by atoms with E-state index in [1.807, 2.05) is 43.3 Å². The van der Waals surface area contributed by atoms with E-state index in [0.717, 1.165) is 33.1 Å². The van der Waals surface area contributed by atoms with Crippen molar-refractivity contribution in [3.63, 3.8) is 0 Å². The molecule has 1 fully saturated rings. The lowest BCUT2D eigenvalue weighted by Gasteiger charge is -2.31. The molecule has 1 aliphatic rings. The van der Waals surface area contributed by atoms with Crippen molar-refractivity contribution in [3.8, 4) is 5.75 Å². The van der Waals surface area contributed by atoms with Crippen LogP contribution in [0.3, 0.4) is 0 Å². The zero-order chi connectivity index (χ0) is 20.2. The summed E-state index contributed by atoms with van der Waals surface area (Å²) < 4.78 is 5.27. The average Bonchev–Trinajstić information content (AvgIpc) is 2.72. The molecule has 0 saturated carbocycles. The van der Waals surface area contributed by atoms with Crippen LogP contribution in [0.1, 0.15) is 12.1 Å². The molecule has 3 heterocycles. The number of anilines is 1. The first-order valence-electron chi connectivity index (χ1n) is 9.29. The Morgan fingerprint density at radius 1 is 1.28 bits per heavy atom. The largest absolute Gasteiger partial charge is 0.497 e. The van der Waals surface area contributed by atoms with Crippen LogP contribution in [-0.2, 0) is 4.79 Å². The van der Waals surface area contributed by atoms with Gasteiger partial charge in [-0.2, -0.15) is 0 Å². The molecule has 4 rings (SSSR count). The lowest BCUT2D eigenvalue weighted by Crippen LogP contribution is -2.60. The van der Waals surface area contributed by atoms with Crippen molar-refractivity contribution in [2.24, 2.45) is 0 Å². The first kappa shape index (κ1) is 19.4. The molecule has 3 N–H and O–H groups in total. The lowest BCUT2D eigenvalue weighted by atomic mass is 10.2. The van der Waals surface area contributed by atoms with Crippen LogP contribution in [0.4, 0.5) is 5.95 Å². The highest BCUT2D eigenvalue weighted by molar-refractivity contribution is 7.99. The standard InChI is InChI=1S/C20H22N6O2S/c1-12-15-10-14(28-2)6-7-16(15)24-19(22-12)26-20-23-13(9-17(27)25-20)11-29-18-5-3-4-8-21-18/h3-8,10,13,20,23H,9,11H2,1-2H3,(H,25,27)(H,22,24,26). The predicted octanol–water partition coefficient (Wildman–Crippen LogP) is 2.31. The van der Waals surface area contributed by atoms with Gasteiger partial charge < -0.3 is 15.4 Å². The zero-order valence-electron chi connectivity index (χ0n) is 16.2. The van der Waals surface area contributed by atoms with E-state index in [-0.39, 0.29) is 11.9 Å². The number of rotatable bonds is 6. The number of hydrogen-bond donors (Lipinski definition) is 3. The topological polar surface area (TPSA) is 101 Å². The Hall–Kier alpha value is -2.91. The number of aryl methyl sites for hydroxylation is 1. The average molecular weight is 411 g/mol. The fourth-order valence-corrected chi connectivity index (χ4v) is 4.06. The Labute approximate surface area is 172 Å². The van der Waals surface area contributed by atoms with Gasteiger partial charge in [-0.15, -0.1) is 11.8 Å². The molecule has 150 valence electrons.